The van der Waals surface area contributed by atoms with Crippen LogP contribution < -0.4 is 4.74 Å². The normalized spacial score (nSPS) is 20.7. The summed E-state index contributed by atoms with van der Waals surface area (Å²) in [7, 11) is 1.32. The van der Waals surface area contributed by atoms with Gasteiger partial charge >= 0.3 is 5.97 Å². The van der Waals surface area contributed by atoms with Gasteiger partial charge in [0.1, 0.15) is 23.8 Å². The van der Waals surface area contributed by atoms with Crippen LogP contribution in [0.25, 0.3) is 11.5 Å². The van der Waals surface area contributed by atoms with Crippen molar-refractivity contribution in [2.75, 3.05) is 20.3 Å². The number of carbonyl (C=O) groups excluding carboxylic acids is 1. The Morgan fingerprint density at radius 2 is 1.78 bits per heavy atom. The molecule has 32 heavy (non-hydrogen) atoms. The molecule has 2 aromatic carbocycles. The summed E-state index contributed by atoms with van der Waals surface area (Å²) in [6.45, 7) is 4.66. The van der Waals surface area contributed by atoms with Crippen LogP contribution in [0.5, 0.6) is 5.75 Å². The molecular weight excluding hydrogens is 410 g/mol. The molecule has 1 aliphatic rings. The van der Waals surface area contributed by atoms with E-state index < -0.39 is 11.8 Å². The number of aromatic nitrogens is 1. The Morgan fingerprint density at radius 1 is 1.09 bits per heavy atom. The first kappa shape index (κ1) is 22.0. The van der Waals surface area contributed by atoms with Gasteiger partial charge in [0, 0.05) is 18.4 Å². The van der Waals surface area contributed by atoms with Gasteiger partial charge in [0.05, 0.1) is 20.3 Å². The molecule has 1 fully saturated rings. The summed E-state index contributed by atoms with van der Waals surface area (Å²) < 4.78 is 27.7. The molecule has 0 unspecified atom stereocenters. The molecule has 0 radical (unpaired) electrons. The number of ether oxygens (including phenoxy) is 4. The van der Waals surface area contributed by atoms with E-state index in [0.717, 1.165) is 34.8 Å². The highest BCUT2D eigenvalue weighted by molar-refractivity contribution is 5.77. The zero-order chi connectivity index (χ0) is 22.6. The van der Waals surface area contributed by atoms with Crippen LogP contribution in [0.3, 0.4) is 0 Å². The molecule has 0 aliphatic carbocycles. The average Bonchev–Trinajstić information content (AvgIpc) is 3.20. The number of methoxy groups -OCH3 is 1. The van der Waals surface area contributed by atoms with Gasteiger partial charge in [0.25, 0.3) is 5.79 Å². The molecule has 3 aromatic rings. The quantitative estimate of drug-likeness (QED) is 0.509. The van der Waals surface area contributed by atoms with Crippen LogP contribution in [-0.2, 0) is 32.0 Å². The topological polar surface area (TPSA) is 80.0 Å². The molecule has 0 amide bonds. The van der Waals surface area contributed by atoms with Crippen molar-refractivity contribution >= 4 is 5.97 Å². The fourth-order valence-electron chi connectivity index (χ4n) is 3.54. The van der Waals surface area contributed by atoms with E-state index in [4.69, 9.17) is 23.4 Å². The van der Waals surface area contributed by atoms with Gasteiger partial charge in [-0.3, -0.25) is 0 Å². The fraction of sp³-hybridized carbons (Fsp3) is 0.360. The van der Waals surface area contributed by atoms with E-state index in [1.54, 1.807) is 6.92 Å². The monoisotopic (exact) mass is 437 g/mol. The molecule has 2 heterocycles. The molecule has 1 aromatic heterocycles. The summed E-state index contributed by atoms with van der Waals surface area (Å²) in [5.41, 5.74) is 2.85. The van der Waals surface area contributed by atoms with Crippen molar-refractivity contribution in [2.24, 2.45) is 5.92 Å². The van der Waals surface area contributed by atoms with Crippen LogP contribution in [-0.4, -0.2) is 37.1 Å². The third kappa shape index (κ3) is 5.00. The molecule has 0 bridgehead atoms. The van der Waals surface area contributed by atoms with Crippen LogP contribution in [0.2, 0.25) is 0 Å². The van der Waals surface area contributed by atoms with Gasteiger partial charge in [-0.05, 0) is 43.2 Å². The summed E-state index contributed by atoms with van der Waals surface area (Å²) >= 11 is 0. The largest absolute Gasteiger partial charge is 0.487 e. The zero-order valence-electron chi connectivity index (χ0n) is 18.5. The third-order valence-corrected chi connectivity index (χ3v) is 5.48. The lowest BCUT2D eigenvalue weighted by atomic mass is 9.99. The summed E-state index contributed by atoms with van der Waals surface area (Å²) in [6, 6.07) is 17.7. The molecule has 168 valence electrons. The van der Waals surface area contributed by atoms with E-state index in [9.17, 15) is 4.79 Å². The summed E-state index contributed by atoms with van der Waals surface area (Å²) in [4.78, 5) is 16.3. The van der Waals surface area contributed by atoms with E-state index in [-0.39, 0.29) is 5.92 Å². The first-order chi connectivity index (χ1) is 15.5. The highest BCUT2D eigenvalue weighted by atomic mass is 16.7. The second kappa shape index (κ2) is 9.54. The van der Waals surface area contributed by atoms with Gasteiger partial charge in [-0.2, -0.15) is 0 Å². The van der Waals surface area contributed by atoms with Crippen molar-refractivity contribution < 1.29 is 28.2 Å². The van der Waals surface area contributed by atoms with Crippen molar-refractivity contribution in [3.8, 4) is 17.2 Å². The molecule has 0 atom stereocenters. The summed E-state index contributed by atoms with van der Waals surface area (Å²) in [5.74, 6) is 0.424. The van der Waals surface area contributed by atoms with Gasteiger partial charge in [-0.1, -0.05) is 30.3 Å². The first-order valence-corrected chi connectivity index (χ1v) is 10.6. The number of oxazole rings is 1. The van der Waals surface area contributed by atoms with E-state index in [1.807, 2.05) is 61.5 Å². The van der Waals surface area contributed by atoms with Crippen LogP contribution in [0.1, 0.15) is 23.9 Å². The lowest BCUT2D eigenvalue weighted by molar-refractivity contribution is -0.272. The number of hydrogen-bond acceptors (Lipinski definition) is 7. The van der Waals surface area contributed by atoms with Gasteiger partial charge in [-0.25, -0.2) is 9.78 Å². The Hall–Kier alpha value is -3.16. The third-order valence-electron chi connectivity index (χ3n) is 5.48. The SMILES string of the molecule is COC(=O)[C@]1(C)OC[C@H](Cc2ccc(OCc3nc(-c4ccccc4)oc3C)cc2)CO1. The van der Waals surface area contributed by atoms with Crippen LogP contribution >= 0.6 is 0 Å². The number of nitrogens with zero attached hydrogens (tertiary/aromatic N) is 1. The minimum atomic E-state index is -1.32. The Labute approximate surface area is 187 Å². The molecule has 0 saturated carbocycles. The van der Waals surface area contributed by atoms with Crippen molar-refractivity contribution in [1.29, 1.82) is 0 Å². The van der Waals surface area contributed by atoms with Gasteiger partial charge < -0.3 is 23.4 Å². The van der Waals surface area contributed by atoms with E-state index in [2.05, 4.69) is 4.98 Å². The maximum Gasteiger partial charge on any atom is 0.366 e. The molecule has 0 spiro atoms. The van der Waals surface area contributed by atoms with Gasteiger partial charge in [0.15, 0.2) is 0 Å². The molecule has 1 saturated heterocycles. The Bertz CT molecular complexity index is 1040. The molecule has 7 heteroatoms. The van der Waals surface area contributed by atoms with E-state index in [0.29, 0.717) is 25.7 Å². The van der Waals surface area contributed by atoms with E-state index >= 15 is 0 Å². The Morgan fingerprint density at radius 3 is 2.44 bits per heavy atom. The Balaban J connectivity index is 1.30. The second-order valence-electron chi connectivity index (χ2n) is 7.95. The minimum absolute atomic E-state index is 0.161. The van der Waals surface area contributed by atoms with Crippen molar-refractivity contribution in [3.05, 3.63) is 71.6 Å². The molecular formula is C25H27NO6. The predicted molar refractivity (Wildman–Crippen MR) is 117 cm³/mol. The van der Waals surface area contributed by atoms with Crippen molar-refractivity contribution in [3.63, 3.8) is 0 Å². The number of aryl methyl sites for hydroxylation is 1. The smallest absolute Gasteiger partial charge is 0.366 e. The molecule has 4 rings (SSSR count). The van der Waals surface area contributed by atoms with Gasteiger partial charge in [0.2, 0.25) is 5.89 Å². The zero-order valence-corrected chi connectivity index (χ0v) is 18.5. The molecule has 0 N–H and O–H groups in total. The van der Waals surface area contributed by atoms with Crippen molar-refractivity contribution in [2.45, 2.75) is 32.7 Å². The number of esters is 1. The predicted octanol–water partition coefficient (Wildman–Crippen LogP) is 4.32. The first-order valence-electron chi connectivity index (χ1n) is 10.6. The van der Waals surface area contributed by atoms with Gasteiger partial charge in [-0.15, -0.1) is 0 Å². The van der Waals surface area contributed by atoms with Crippen LogP contribution in [0, 0.1) is 12.8 Å². The number of carbonyl (C=O) groups is 1. The Kier molecular flexibility index (Phi) is 6.58. The van der Waals surface area contributed by atoms with E-state index in [1.165, 1.54) is 7.11 Å². The minimum Gasteiger partial charge on any atom is -0.487 e. The number of hydrogen-bond donors (Lipinski definition) is 0. The second-order valence-corrected chi connectivity index (χ2v) is 7.95. The lowest BCUT2D eigenvalue weighted by Gasteiger charge is -2.35. The summed E-state index contributed by atoms with van der Waals surface area (Å²) in [5, 5.41) is 0. The van der Waals surface area contributed by atoms with Crippen LogP contribution in [0.15, 0.2) is 59.0 Å². The van der Waals surface area contributed by atoms with Crippen molar-refractivity contribution in [1.82, 2.24) is 4.98 Å². The van der Waals surface area contributed by atoms with Crippen LogP contribution in [0.4, 0.5) is 0 Å². The summed E-state index contributed by atoms with van der Waals surface area (Å²) in [6.07, 6.45) is 0.778. The fourth-order valence-corrected chi connectivity index (χ4v) is 3.54. The number of benzene rings is 2. The highest BCUT2D eigenvalue weighted by Gasteiger charge is 2.41. The number of rotatable bonds is 7. The maximum absolute atomic E-state index is 11.8. The molecule has 1 aliphatic heterocycles. The lowest BCUT2D eigenvalue weighted by Crippen LogP contribution is -2.48. The maximum atomic E-state index is 11.8. The average molecular weight is 437 g/mol. The standard InChI is InChI=1S/C25H27NO6/c1-17-22(26-23(32-17)20-7-5-4-6-8-20)16-29-21-11-9-18(10-12-21)13-19-14-30-25(2,31-15-19)24(27)28-3/h4-12,19H,13-16H2,1-3H3/t19-,25+. The molecule has 7 nitrogen and oxygen atoms in total. The highest BCUT2D eigenvalue weighted by Crippen LogP contribution is 2.26.